The van der Waals surface area contributed by atoms with E-state index in [1.54, 1.807) is 13.4 Å². The molecule has 2 aliphatic heterocycles. The molecule has 3 aromatic rings. The van der Waals surface area contributed by atoms with Crippen molar-refractivity contribution in [2.45, 2.75) is 44.6 Å². The lowest BCUT2D eigenvalue weighted by Gasteiger charge is -2.43. The van der Waals surface area contributed by atoms with Gasteiger partial charge in [0.1, 0.15) is 17.9 Å². The Bertz CT molecular complexity index is 1210. The lowest BCUT2D eigenvalue weighted by Crippen LogP contribution is -2.50. The number of hydrogen-bond donors (Lipinski definition) is 0. The van der Waals surface area contributed by atoms with Crippen molar-refractivity contribution < 1.29 is 14.3 Å². The number of rotatable bonds is 5. The highest BCUT2D eigenvalue weighted by Crippen LogP contribution is 2.42. The average molecular weight is 488 g/mol. The van der Waals surface area contributed by atoms with Gasteiger partial charge in [0.25, 0.3) is 0 Å². The molecule has 8 heteroatoms. The molecule has 2 aromatic carbocycles. The Morgan fingerprint density at radius 3 is 2.31 bits per heavy atom. The Balaban J connectivity index is 1.43. The van der Waals surface area contributed by atoms with Crippen molar-refractivity contribution in [3.8, 4) is 5.75 Å². The highest BCUT2D eigenvalue weighted by Gasteiger charge is 2.43. The second-order valence-electron chi connectivity index (χ2n) is 9.86. The maximum atomic E-state index is 14.0. The van der Waals surface area contributed by atoms with Crippen LogP contribution in [-0.4, -0.2) is 51.7 Å². The molecule has 0 saturated carbocycles. The van der Waals surface area contributed by atoms with Crippen molar-refractivity contribution in [1.82, 2.24) is 19.7 Å². The normalized spacial score (nSPS) is 21.0. The Labute approximate surface area is 211 Å². The van der Waals surface area contributed by atoms with Crippen LogP contribution in [0.1, 0.15) is 54.6 Å². The Morgan fingerprint density at radius 1 is 1.00 bits per heavy atom. The fourth-order valence-corrected chi connectivity index (χ4v) is 5.60. The molecule has 2 saturated heterocycles. The lowest BCUT2D eigenvalue weighted by atomic mass is 9.82. The minimum Gasteiger partial charge on any atom is -0.497 e. The number of methoxy groups -OCH3 is 1. The van der Waals surface area contributed by atoms with E-state index in [0.717, 1.165) is 41.2 Å². The van der Waals surface area contributed by atoms with Crippen molar-refractivity contribution in [3.05, 3.63) is 71.8 Å². The van der Waals surface area contributed by atoms with Crippen LogP contribution in [0.4, 0.5) is 5.69 Å². The average Bonchev–Trinajstić information content (AvgIpc) is 3.34. The van der Waals surface area contributed by atoms with Gasteiger partial charge in [0.2, 0.25) is 11.8 Å². The zero-order chi connectivity index (χ0) is 25.2. The fraction of sp³-hybridized carbons (Fsp3) is 0.429. The van der Waals surface area contributed by atoms with E-state index in [2.05, 4.69) is 10.2 Å². The molecule has 188 valence electrons. The molecular formula is C28H33N5O3. The standard InChI is InChI=1S/C28H33N5O3/c1-19-4-8-22(9-5-19)33-25(34)13-12-24(26(33)20-6-10-23(36-3)11-7-20)28(35)32-16-14-21(15-17-32)27-30-29-18-31(27)2/h4-11,18,21,24,26H,12-17H2,1-3H3. The molecule has 2 aliphatic rings. The van der Waals surface area contributed by atoms with Crippen LogP contribution in [0, 0.1) is 12.8 Å². The molecular weight excluding hydrogens is 454 g/mol. The maximum absolute atomic E-state index is 14.0. The highest BCUT2D eigenvalue weighted by molar-refractivity contribution is 5.97. The van der Waals surface area contributed by atoms with E-state index in [0.29, 0.717) is 31.8 Å². The van der Waals surface area contributed by atoms with Crippen LogP contribution in [0.3, 0.4) is 0 Å². The van der Waals surface area contributed by atoms with Gasteiger partial charge in [-0.25, -0.2) is 0 Å². The first kappa shape index (κ1) is 24.0. The van der Waals surface area contributed by atoms with Crippen molar-refractivity contribution >= 4 is 17.5 Å². The zero-order valence-corrected chi connectivity index (χ0v) is 21.1. The molecule has 2 amide bonds. The number of nitrogens with zero attached hydrogens (tertiary/aromatic N) is 5. The van der Waals surface area contributed by atoms with Crippen LogP contribution in [0.15, 0.2) is 54.9 Å². The fourth-order valence-electron chi connectivity index (χ4n) is 5.60. The van der Waals surface area contributed by atoms with E-state index in [9.17, 15) is 9.59 Å². The molecule has 2 fully saturated rings. The van der Waals surface area contributed by atoms with Gasteiger partial charge < -0.3 is 19.1 Å². The van der Waals surface area contributed by atoms with E-state index >= 15 is 0 Å². The number of hydrogen-bond acceptors (Lipinski definition) is 5. The number of aromatic nitrogens is 3. The summed E-state index contributed by atoms with van der Waals surface area (Å²) >= 11 is 0. The van der Waals surface area contributed by atoms with E-state index < -0.39 is 0 Å². The van der Waals surface area contributed by atoms with Crippen LogP contribution in [0.2, 0.25) is 0 Å². The number of benzene rings is 2. The SMILES string of the molecule is COc1ccc(C2C(C(=O)N3CCC(c4nncn4C)CC3)CCC(=O)N2c2ccc(C)cc2)cc1. The summed E-state index contributed by atoms with van der Waals surface area (Å²) < 4.78 is 7.32. The van der Waals surface area contributed by atoms with Gasteiger partial charge in [0.15, 0.2) is 0 Å². The molecule has 1 aromatic heterocycles. The summed E-state index contributed by atoms with van der Waals surface area (Å²) in [6, 6.07) is 15.3. The predicted octanol–water partition coefficient (Wildman–Crippen LogP) is 4.02. The van der Waals surface area contributed by atoms with Crippen molar-refractivity contribution in [1.29, 1.82) is 0 Å². The first-order chi connectivity index (χ1) is 17.5. The van der Waals surface area contributed by atoms with Gasteiger partial charge >= 0.3 is 0 Å². The number of likely N-dealkylation sites (tertiary alicyclic amines) is 1. The van der Waals surface area contributed by atoms with Crippen LogP contribution in [-0.2, 0) is 16.6 Å². The second kappa shape index (κ2) is 10.1. The number of ether oxygens (including phenoxy) is 1. The largest absolute Gasteiger partial charge is 0.497 e. The molecule has 5 rings (SSSR count). The van der Waals surface area contributed by atoms with E-state index in [4.69, 9.17) is 4.74 Å². The first-order valence-corrected chi connectivity index (χ1v) is 12.6. The summed E-state index contributed by atoms with van der Waals surface area (Å²) in [6.07, 6.45) is 4.34. The summed E-state index contributed by atoms with van der Waals surface area (Å²) in [5.41, 5.74) is 2.89. The molecule has 0 radical (unpaired) electrons. The minimum atomic E-state index is -0.371. The Kier molecular flexibility index (Phi) is 6.76. The molecule has 0 bridgehead atoms. The molecule has 0 spiro atoms. The van der Waals surface area contributed by atoms with Gasteiger partial charge in [-0.1, -0.05) is 29.8 Å². The van der Waals surface area contributed by atoms with Gasteiger partial charge in [-0.2, -0.15) is 0 Å². The quantitative estimate of drug-likeness (QED) is 0.543. The molecule has 2 unspecified atom stereocenters. The third-order valence-electron chi connectivity index (χ3n) is 7.60. The predicted molar refractivity (Wildman–Crippen MR) is 137 cm³/mol. The summed E-state index contributed by atoms with van der Waals surface area (Å²) in [4.78, 5) is 31.1. The third-order valence-corrected chi connectivity index (χ3v) is 7.60. The summed E-state index contributed by atoms with van der Waals surface area (Å²) in [6.45, 7) is 3.39. The summed E-state index contributed by atoms with van der Waals surface area (Å²) in [5, 5.41) is 8.29. The third kappa shape index (κ3) is 4.59. The summed E-state index contributed by atoms with van der Waals surface area (Å²) in [7, 11) is 3.60. The highest BCUT2D eigenvalue weighted by atomic mass is 16.5. The van der Waals surface area contributed by atoms with Gasteiger partial charge in [0.05, 0.1) is 19.1 Å². The molecule has 0 aliphatic carbocycles. The first-order valence-electron chi connectivity index (χ1n) is 12.6. The van der Waals surface area contributed by atoms with E-state index in [1.165, 1.54) is 0 Å². The molecule has 0 N–H and O–H groups in total. The Morgan fingerprint density at radius 2 is 1.69 bits per heavy atom. The van der Waals surface area contributed by atoms with Gasteiger partial charge in [-0.3, -0.25) is 9.59 Å². The summed E-state index contributed by atoms with van der Waals surface area (Å²) in [5.74, 6) is 1.88. The monoisotopic (exact) mass is 487 g/mol. The number of aryl methyl sites for hydroxylation is 2. The van der Waals surface area contributed by atoms with Gasteiger partial charge in [-0.15, -0.1) is 10.2 Å². The van der Waals surface area contributed by atoms with Gasteiger partial charge in [-0.05, 0) is 56.0 Å². The number of piperidine rings is 2. The van der Waals surface area contributed by atoms with Crippen molar-refractivity contribution in [2.75, 3.05) is 25.1 Å². The smallest absolute Gasteiger partial charge is 0.228 e. The van der Waals surface area contributed by atoms with Crippen LogP contribution >= 0.6 is 0 Å². The second-order valence-corrected chi connectivity index (χ2v) is 9.86. The number of amides is 2. The molecule has 8 nitrogen and oxygen atoms in total. The van der Waals surface area contributed by atoms with Gasteiger partial charge in [0, 0.05) is 38.2 Å². The number of carbonyl (C=O) groups is 2. The molecule has 3 heterocycles. The van der Waals surface area contributed by atoms with Crippen LogP contribution < -0.4 is 9.64 Å². The topological polar surface area (TPSA) is 80.6 Å². The lowest BCUT2D eigenvalue weighted by molar-refractivity contribution is -0.139. The van der Waals surface area contributed by atoms with Crippen LogP contribution in [0.5, 0.6) is 5.75 Å². The minimum absolute atomic E-state index is 0.0460. The van der Waals surface area contributed by atoms with E-state index in [1.807, 2.05) is 76.9 Å². The Hall–Kier alpha value is -3.68. The molecule has 2 atom stereocenters. The number of carbonyl (C=O) groups excluding carboxylic acids is 2. The van der Waals surface area contributed by atoms with E-state index in [-0.39, 0.29) is 23.8 Å². The number of anilines is 1. The zero-order valence-electron chi connectivity index (χ0n) is 21.1. The maximum Gasteiger partial charge on any atom is 0.228 e. The molecule has 36 heavy (non-hydrogen) atoms. The van der Waals surface area contributed by atoms with Crippen molar-refractivity contribution in [2.24, 2.45) is 13.0 Å². The van der Waals surface area contributed by atoms with Crippen molar-refractivity contribution in [3.63, 3.8) is 0 Å². The van der Waals surface area contributed by atoms with Crippen LogP contribution in [0.25, 0.3) is 0 Å².